The molecule has 2 aliphatic rings. The quantitative estimate of drug-likeness (QED) is 0.817. The van der Waals surface area contributed by atoms with Crippen molar-refractivity contribution in [2.75, 3.05) is 13.1 Å². The second-order valence-electron chi connectivity index (χ2n) is 8.38. The minimum Gasteiger partial charge on any atom is -0.491 e. The van der Waals surface area contributed by atoms with Crippen LogP contribution in [-0.2, 0) is 0 Å². The fourth-order valence-corrected chi connectivity index (χ4v) is 4.93. The monoisotopic (exact) mass is 364 g/mol. The van der Waals surface area contributed by atoms with Crippen molar-refractivity contribution in [1.29, 1.82) is 0 Å². The lowest BCUT2D eigenvalue weighted by Crippen LogP contribution is -2.60. The van der Waals surface area contributed by atoms with Crippen molar-refractivity contribution in [3.63, 3.8) is 0 Å². The number of benzene rings is 2. The highest BCUT2D eigenvalue weighted by Crippen LogP contribution is 2.43. The second kappa shape index (κ2) is 8.04. The molecular weight excluding hydrogens is 332 g/mol. The Morgan fingerprint density at radius 2 is 1.78 bits per heavy atom. The Morgan fingerprint density at radius 1 is 1.00 bits per heavy atom. The van der Waals surface area contributed by atoms with Gasteiger partial charge >= 0.3 is 0 Å². The topological polar surface area (TPSA) is 33.3 Å². The number of hydrogen-bond acceptors (Lipinski definition) is 3. The summed E-state index contributed by atoms with van der Waals surface area (Å²) in [7, 11) is 0. The molecule has 2 N–H and O–H groups in total. The van der Waals surface area contributed by atoms with Crippen LogP contribution < -0.4 is 15.4 Å². The molecule has 2 aromatic carbocycles. The van der Waals surface area contributed by atoms with E-state index in [0.29, 0.717) is 12.0 Å². The van der Waals surface area contributed by atoms with Crippen molar-refractivity contribution < 1.29 is 4.74 Å². The number of hydrogen-bond donors (Lipinski definition) is 2. The summed E-state index contributed by atoms with van der Waals surface area (Å²) >= 11 is 0. The van der Waals surface area contributed by atoms with Crippen LogP contribution in [0.4, 0.5) is 0 Å². The van der Waals surface area contributed by atoms with Crippen molar-refractivity contribution in [3.05, 3.63) is 65.7 Å². The van der Waals surface area contributed by atoms with E-state index in [1.54, 1.807) is 0 Å². The van der Waals surface area contributed by atoms with Crippen LogP contribution in [0.5, 0.6) is 5.75 Å². The Balaban J connectivity index is 1.53. The van der Waals surface area contributed by atoms with Gasteiger partial charge in [0.15, 0.2) is 0 Å². The number of nitrogens with one attached hydrogen (secondary N) is 2. The van der Waals surface area contributed by atoms with Crippen molar-refractivity contribution in [2.45, 2.75) is 63.1 Å². The maximum Gasteiger partial charge on any atom is 0.123 e. The molecule has 0 aliphatic carbocycles. The third-order valence-electron chi connectivity index (χ3n) is 6.19. The van der Waals surface area contributed by atoms with Crippen LogP contribution in [0.3, 0.4) is 0 Å². The van der Waals surface area contributed by atoms with Gasteiger partial charge in [-0.05, 0) is 63.3 Å². The summed E-state index contributed by atoms with van der Waals surface area (Å²) in [6.45, 7) is 6.33. The first-order valence-electron chi connectivity index (χ1n) is 10.5. The van der Waals surface area contributed by atoms with Crippen LogP contribution in [0.15, 0.2) is 54.6 Å². The maximum atomic E-state index is 6.09. The van der Waals surface area contributed by atoms with Gasteiger partial charge in [0, 0.05) is 18.0 Å². The van der Waals surface area contributed by atoms with Crippen LogP contribution in [-0.4, -0.2) is 24.7 Å². The highest BCUT2D eigenvalue weighted by atomic mass is 16.5. The molecule has 0 radical (unpaired) electrons. The summed E-state index contributed by atoms with van der Waals surface area (Å²) in [5.74, 6) is 1.57. The van der Waals surface area contributed by atoms with Crippen LogP contribution >= 0.6 is 0 Å². The van der Waals surface area contributed by atoms with Gasteiger partial charge < -0.3 is 15.4 Å². The molecule has 0 amide bonds. The fourth-order valence-electron chi connectivity index (χ4n) is 4.93. The molecule has 4 rings (SSSR count). The van der Waals surface area contributed by atoms with E-state index in [4.69, 9.17) is 4.74 Å². The highest BCUT2D eigenvalue weighted by molar-refractivity contribution is 5.37. The Kier molecular flexibility index (Phi) is 5.51. The van der Waals surface area contributed by atoms with Gasteiger partial charge in [-0.3, -0.25) is 0 Å². The molecule has 2 saturated heterocycles. The molecule has 3 nitrogen and oxygen atoms in total. The zero-order valence-electron chi connectivity index (χ0n) is 16.6. The van der Waals surface area contributed by atoms with Crippen LogP contribution in [0, 0.1) is 0 Å². The molecular formula is C24H32N2O. The fraction of sp³-hybridized carbons (Fsp3) is 0.500. The third-order valence-corrected chi connectivity index (χ3v) is 6.19. The van der Waals surface area contributed by atoms with Gasteiger partial charge in [0.05, 0.1) is 12.1 Å². The van der Waals surface area contributed by atoms with Gasteiger partial charge in [-0.15, -0.1) is 0 Å². The van der Waals surface area contributed by atoms with Gasteiger partial charge in [-0.1, -0.05) is 48.5 Å². The Hall–Kier alpha value is -1.84. The van der Waals surface area contributed by atoms with E-state index in [2.05, 4.69) is 79.1 Å². The number of rotatable bonds is 4. The van der Waals surface area contributed by atoms with Gasteiger partial charge in [-0.2, -0.15) is 0 Å². The summed E-state index contributed by atoms with van der Waals surface area (Å²) in [5, 5.41) is 7.79. The molecule has 3 heteroatoms. The van der Waals surface area contributed by atoms with Gasteiger partial charge in [0.25, 0.3) is 0 Å². The molecule has 0 bridgehead atoms. The second-order valence-corrected chi connectivity index (χ2v) is 8.38. The molecule has 2 heterocycles. The molecule has 1 spiro atoms. The van der Waals surface area contributed by atoms with Crippen molar-refractivity contribution in [3.8, 4) is 5.75 Å². The summed E-state index contributed by atoms with van der Waals surface area (Å²) in [6, 6.07) is 19.9. The first-order chi connectivity index (χ1) is 13.2. The minimum atomic E-state index is 0.171. The molecule has 0 saturated carbocycles. The predicted octanol–water partition coefficient (Wildman–Crippen LogP) is 4.80. The average molecular weight is 365 g/mol. The van der Waals surface area contributed by atoms with E-state index in [9.17, 15) is 0 Å². The van der Waals surface area contributed by atoms with Crippen LogP contribution in [0.25, 0.3) is 0 Å². The first kappa shape index (κ1) is 18.5. The van der Waals surface area contributed by atoms with Gasteiger partial charge in [-0.25, -0.2) is 0 Å². The zero-order chi connectivity index (χ0) is 18.7. The predicted molar refractivity (Wildman–Crippen MR) is 111 cm³/mol. The zero-order valence-corrected chi connectivity index (χ0v) is 16.6. The SMILES string of the molecule is CC(C)Oc1ccccc1C1CCC2(CCCNC2c2ccccc2)NC1. The Labute approximate surface area is 163 Å². The van der Waals surface area contributed by atoms with E-state index >= 15 is 0 Å². The summed E-state index contributed by atoms with van der Waals surface area (Å²) < 4.78 is 6.09. The van der Waals surface area contributed by atoms with Gasteiger partial charge in [0.1, 0.15) is 5.75 Å². The molecule has 27 heavy (non-hydrogen) atoms. The van der Waals surface area contributed by atoms with E-state index in [1.807, 2.05) is 0 Å². The van der Waals surface area contributed by atoms with E-state index in [1.165, 1.54) is 36.8 Å². The maximum absolute atomic E-state index is 6.09. The number of para-hydroxylation sites is 1. The van der Waals surface area contributed by atoms with Crippen LogP contribution in [0.2, 0.25) is 0 Å². The Bertz CT molecular complexity index is 735. The summed E-state index contributed by atoms with van der Waals surface area (Å²) in [5.41, 5.74) is 2.93. The average Bonchev–Trinajstić information content (AvgIpc) is 2.70. The molecule has 2 aromatic rings. The van der Waals surface area contributed by atoms with E-state index in [0.717, 1.165) is 18.8 Å². The molecule has 144 valence electrons. The van der Waals surface area contributed by atoms with Gasteiger partial charge in [0.2, 0.25) is 0 Å². The van der Waals surface area contributed by atoms with Crippen LogP contribution in [0.1, 0.15) is 62.6 Å². The number of ether oxygens (including phenoxy) is 1. The summed E-state index contributed by atoms with van der Waals surface area (Å²) in [6.07, 6.45) is 5.10. The molecule has 2 fully saturated rings. The lowest BCUT2D eigenvalue weighted by atomic mass is 9.71. The third kappa shape index (κ3) is 3.90. The lowest BCUT2D eigenvalue weighted by Gasteiger charge is -2.50. The standard InChI is InChI=1S/C24H32N2O/c1-18(2)27-22-12-7-6-11-21(22)20-13-15-24(26-17-20)14-8-16-25-23(24)19-9-4-3-5-10-19/h3-7,9-12,18,20,23,25-26H,8,13-17H2,1-2H3. The van der Waals surface area contributed by atoms with Crippen molar-refractivity contribution >= 4 is 0 Å². The lowest BCUT2D eigenvalue weighted by molar-refractivity contribution is 0.130. The molecule has 3 atom stereocenters. The van der Waals surface area contributed by atoms with E-state index in [-0.39, 0.29) is 11.6 Å². The normalized spacial score (nSPS) is 28.4. The highest BCUT2D eigenvalue weighted by Gasteiger charge is 2.44. The molecule has 3 unspecified atom stereocenters. The minimum absolute atomic E-state index is 0.171. The number of piperidine rings is 2. The first-order valence-corrected chi connectivity index (χ1v) is 10.5. The smallest absolute Gasteiger partial charge is 0.123 e. The Morgan fingerprint density at radius 3 is 2.52 bits per heavy atom. The largest absolute Gasteiger partial charge is 0.491 e. The summed E-state index contributed by atoms with van der Waals surface area (Å²) in [4.78, 5) is 0. The van der Waals surface area contributed by atoms with E-state index < -0.39 is 0 Å². The van der Waals surface area contributed by atoms with Crippen molar-refractivity contribution in [2.24, 2.45) is 0 Å². The molecule has 0 aromatic heterocycles. The molecule has 2 aliphatic heterocycles. The van der Waals surface area contributed by atoms with Crippen molar-refractivity contribution in [1.82, 2.24) is 10.6 Å².